The Kier molecular flexibility index (Phi) is 4.23. The summed E-state index contributed by atoms with van der Waals surface area (Å²) in [5.41, 5.74) is 5.13. The van der Waals surface area contributed by atoms with E-state index >= 15 is 0 Å². The van der Waals surface area contributed by atoms with E-state index in [1.54, 1.807) is 12.1 Å². The first kappa shape index (κ1) is 19.8. The average Bonchev–Trinajstić information content (AvgIpc) is 2.73. The Hall–Kier alpha value is -2.17. The van der Waals surface area contributed by atoms with Gasteiger partial charge in [-0.05, 0) is 46.9 Å². The van der Waals surface area contributed by atoms with E-state index < -0.39 is 22.7 Å². The van der Waals surface area contributed by atoms with Crippen molar-refractivity contribution in [3.05, 3.63) is 101 Å². The molecule has 0 heterocycles. The van der Waals surface area contributed by atoms with Gasteiger partial charge in [-0.3, -0.25) is 0 Å². The summed E-state index contributed by atoms with van der Waals surface area (Å²) in [5.74, 6) is -0.0330. The van der Waals surface area contributed by atoms with E-state index in [0.717, 1.165) is 0 Å². The summed E-state index contributed by atoms with van der Waals surface area (Å²) in [5, 5.41) is 0. The van der Waals surface area contributed by atoms with Crippen molar-refractivity contribution in [2.75, 3.05) is 0 Å². The highest BCUT2D eigenvalue weighted by Crippen LogP contribution is 2.68. The second-order valence-corrected chi connectivity index (χ2v) is 17.7. The Balaban J connectivity index is 1.90. The Morgan fingerprint density at radius 1 is 0.700 bits per heavy atom. The number of sulfone groups is 1. The summed E-state index contributed by atoms with van der Waals surface area (Å²) >= 11 is 0. The summed E-state index contributed by atoms with van der Waals surface area (Å²) < 4.78 is 27.9. The van der Waals surface area contributed by atoms with Gasteiger partial charge in [-0.15, -0.1) is 0 Å². The third-order valence-electron chi connectivity index (χ3n) is 7.37. The third-order valence-corrected chi connectivity index (χ3v) is 12.9. The molecule has 0 amide bonds. The van der Waals surface area contributed by atoms with E-state index in [4.69, 9.17) is 0 Å². The molecule has 2 nitrogen and oxygen atoms in total. The van der Waals surface area contributed by atoms with Crippen molar-refractivity contribution >= 4 is 17.9 Å². The molecule has 3 aromatic carbocycles. The zero-order chi connectivity index (χ0) is 21.3. The predicted molar refractivity (Wildman–Crippen MR) is 126 cm³/mol. The lowest BCUT2D eigenvalue weighted by Gasteiger charge is -2.59. The van der Waals surface area contributed by atoms with Crippen LogP contribution in [0.5, 0.6) is 0 Å². The van der Waals surface area contributed by atoms with Gasteiger partial charge in [-0.2, -0.15) is 0 Å². The summed E-state index contributed by atoms with van der Waals surface area (Å²) in [6.45, 7) is 9.05. The first-order chi connectivity index (χ1) is 14.2. The molecule has 2 atom stereocenters. The van der Waals surface area contributed by atoms with Gasteiger partial charge in [0.15, 0.2) is 9.84 Å². The van der Waals surface area contributed by atoms with E-state index in [-0.39, 0.29) is 17.4 Å². The van der Waals surface area contributed by atoms with Crippen molar-refractivity contribution in [2.24, 2.45) is 0 Å². The lowest BCUT2D eigenvalue weighted by atomic mass is 9.58. The molecule has 3 aromatic rings. The van der Waals surface area contributed by atoms with Crippen LogP contribution >= 0.6 is 0 Å². The van der Waals surface area contributed by atoms with Gasteiger partial charge in [-0.1, -0.05) is 86.4 Å². The largest absolute Gasteiger partial charge is 0.223 e. The highest BCUT2D eigenvalue weighted by molar-refractivity contribution is 7.93. The molecule has 2 bridgehead atoms. The van der Waals surface area contributed by atoms with Crippen molar-refractivity contribution in [3.63, 3.8) is 0 Å². The minimum atomic E-state index is -3.58. The topological polar surface area (TPSA) is 34.1 Å². The van der Waals surface area contributed by atoms with Crippen molar-refractivity contribution in [3.8, 4) is 0 Å². The third kappa shape index (κ3) is 2.44. The molecule has 3 aliphatic rings. The molecule has 0 aliphatic heterocycles. The molecular weight excluding hydrogens is 404 g/mol. The van der Waals surface area contributed by atoms with E-state index in [9.17, 15) is 8.42 Å². The fourth-order valence-electron chi connectivity index (χ4n) is 6.47. The number of rotatable bonds is 3. The van der Waals surface area contributed by atoms with Gasteiger partial charge >= 0.3 is 0 Å². The summed E-state index contributed by atoms with van der Waals surface area (Å²) in [6, 6.07) is 26.2. The van der Waals surface area contributed by atoms with Crippen LogP contribution in [0.15, 0.2) is 83.8 Å². The van der Waals surface area contributed by atoms with Crippen molar-refractivity contribution in [1.82, 2.24) is 0 Å². The number of fused-ring (bicyclic) bond motifs is 1. The first-order valence-corrected chi connectivity index (χ1v) is 15.7. The lowest BCUT2D eigenvalue weighted by molar-refractivity contribution is 0.386. The van der Waals surface area contributed by atoms with Gasteiger partial charge in [-0.25, -0.2) is 8.42 Å². The van der Waals surface area contributed by atoms with E-state index in [2.05, 4.69) is 68.2 Å². The highest BCUT2D eigenvalue weighted by atomic mass is 32.2. The van der Waals surface area contributed by atoms with Crippen LogP contribution in [0.2, 0.25) is 25.2 Å². The molecule has 0 fully saturated rings. The van der Waals surface area contributed by atoms with Gasteiger partial charge in [0.2, 0.25) is 0 Å². The molecule has 0 saturated heterocycles. The number of benzene rings is 3. The Morgan fingerprint density at radius 3 is 1.60 bits per heavy atom. The molecule has 154 valence electrons. The lowest BCUT2D eigenvalue weighted by Crippen LogP contribution is -2.60. The molecule has 0 spiro atoms. The quantitative estimate of drug-likeness (QED) is 0.461. The Labute approximate surface area is 180 Å². The van der Waals surface area contributed by atoms with Crippen LogP contribution in [0.3, 0.4) is 0 Å². The molecular formula is C26H28O2SSi. The summed E-state index contributed by atoms with van der Waals surface area (Å²) in [6.07, 6.45) is 0. The van der Waals surface area contributed by atoms with Gasteiger partial charge < -0.3 is 0 Å². The Bertz CT molecular complexity index is 1180. The molecule has 3 aliphatic carbocycles. The number of hydrogen-bond acceptors (Lipinski definition) is 2. The average molecular weight is 433 g/mol. The first-order valence-electron chi connectivity index (χ1n) is 10.7. The van der Waals surface area contributed by atoms with Crippen LogP contribution in [-0.4, -0.2) is 21.2 Å². The standard InChI is InChI=1S/C26H28O2SSi/c1-26(29(27,28)18-12-6-5-7-13-18)24-21-16-10-8-14-19(21)23(25(26)30(2,3)4)20-15-9-11-17-22(20)24/h5-17,23-25H,1-4H3/t23?,24?,25-,26-/m1/s1. The maximum Gasteiger partial charge on any atom is 0.184 e. The van der Waals surface area contributed by atoms with Crippen LogP contribution in [0.25, 0.3) is 0 Å². The van der Waals surface area contributed by atoms with E-state index in [1.807, 2.05) is 25.1 Å². The van der Waals surface area contributed by atoms with Gasteiger partial charge in [0, 0.05) is 11.8 Å². The van der Waals surface area contributed by atoms with Crippen LogP contribution in [0.1, 0.15) is 41.0 Å². The highest BCUT2D eigenvalue weighted by Gasteiger charge is 2.65. The van der Waals surface area contributed by atoms with Crippen molar-refractivity contribution in [2.45, 2.75) is 53.6 Å². The minimum Gasteiger partial charge on any atom is -0.223 e. The van der Waals surface area contributed by atoms with E-state index in [1.165, 1.54) is 22.3 Å². The molecule has 0 saturated carbocycles. The maximum absolute atomic E-state index is 14.4. The van der Waals surface area contributed by atoms with Crippen LogP contribution < -0.4 is 0 Å². The molecule has 0 N–H and O–H groups in total. The second kappa shape index (κ2) is 6.41. The molecule has 4 heteroatoms. The predicted octanol–water partition coefficient (Wildman–Crippen LogP) is 6.22. The van der Waals surface area contributed by atoms with Crippen molar-refractivity contribution < 1.29 is 8.42 Å². The van der Waals surface area contributed by atoms with Crippen LogP contribution in [-0.2, 0) is 9.84 Å². The maximum atomic E-state index is 14.4. The SMILES string of the molecule is C[C@@]1(S(=O)(=O)c2ccccc2)C2c3ccccc3C(c3ccccc32)[C@H]1[Si](C)(C)C. The summed E-state index contributed by atoms with van der Waals surface area (Å²) in [7, 11) is -5.48. The normalized spacial score (nSPS) is 27.4. The number of hydrogen-bond donors (Lipinski definition) is 0. The Morgan fingerprint density at radius 2 is 1.13 bits per heavy atom. The van der Waals surface area contributed by atoms with Gasteiger partial charge in [0.25, 0.3) is 0 Å². The molecule has 0 unspecified atom stereocenters. The second-order valence-electron chi connectivity index (χ2n) is 10.0. The van der Waals surface area contributed by atoms with Crippen molar-refractivity contribution in [1.29, 1.82) is 0 Å². The molecule has 0 aromatic heterocycles. The smallest absolute Gasteiger partial charge is 0.184 e. The fraction of sp³-hybridized carbons (Fsp3) is 0.308. The molecule has 0 radical (unpaired) electrons. The van der Waals surface area contributed by atoms with E-state index in [0.29, 0.717) is 4.90 Å². The van der Waals surface area contributed by atoms with Crippen LogP contribution in [0, 0.1) is 0 Å². The monoisotopic (exact) mass is 432 g/mol. The molecule has 30 heavy (non-hydrogen) atoms. The minimum absolute atomic E-state index is 0.0880. The zero-order valence-corrected chi connectivity index (χ0v) is 19.8. The zero-order valence-electron chi connectivity index (χ0n) is 18.0. The molecule has 6 rings (SSSR count). The fourth-order valence-corrected chi connectivity index (χ4v) is 13.3. The van der Waals surface area contributed by atoms with Gasteiger partial charge in [0.05, 0.1) is 17.7 Å². The van der Waals surface area contributed by atoms with Gasteiger partial charge in [0.1, 0.15) is 0 Å². The van der Waals surface area contributed by atoms with Crippen LogP contribution in [0.4, 0.5) is 0 Å². The summed E-state index contributed by atoms with van der Waals surface area (Å²) in [4.78, 5) is 0.443.